The van der Waals surface area contributed by atoms with E-state index in [2.05, 4.69) is 4.12 Å². The molecule has 9 heavy (non-hydrogen) atoms. The SMILES string of the molecule is O=[Si]([O-])O[Si](=O)[O-].[Mg].[OH-]. The molecule has 50 valence electrons. The van der Waals surface area contributed by atoms with E-state index in [0.29, 0.717) is 0 Å². The lowest BCUT2D eigenvalue weighted by Crippen LogP contribution is -2.35. The molecule has 0 spiro atoms. The summed E-state index contributed by atoms with van der Waals surface area (Å²) >= 11 is 0. The molecule has 0 aromatic carbocycles. The van der Waals surface area contributed by atoms with Crippen LogP contribution in [0.2, 0.25) is 0 Å². The van der Waals surface area contributed by atoms with E-state index in [0.717, 1.165) is 0 Å². The number of hydrogen-bond acceptors (Lipinski definition) is 6. The normalized spacial score (nSPS) is 5.78. The van der Waals surface area contributed by atoms with Gasteiger partial charge in [0.2, 0.25) is 0 Å². The highest BCUT2D eigenvalue weighted by Gasteiger charge is 1.87. The first kappa shape index (κ1) is 16.1. The molecule has 0 unspecified atom stereocenters. The fourth-order valence-corrected chi connectivity index (χ4v) is 0.612. The molecule has 0 aromatic rings. The van der Waals surface area contributed by atoms with Crippen LogP contribution >= 0.6 is 0 Å². The molecule has 6 nitrogen and oxygen atoms in total. The minimum absolute atomic E-state index is 0. The first-order valence-corrected chi connectivity index (χ1v) is 3.67. The average Bonchev–Trinajstić information content (AvgIpc) is 1.27. The van der Waals surface area contributed by atoms with E-state index in [4.69, 9.17) is 0 Å². The maximum atomic E-state index is 9.29. The van der Waals surface area contributed by atoms with E-state index in [-0.39, 0.29) is 28.5 Å². The lowest BCUT2D eigenvalue weighted by Gasteiger charge is -1.99. The van der Waals surface area contributed by atoms with Gasteiger partial charge in [-0.2, -0.15) is 0 Å². The van der Waals surface area contributed by atoms with Crippen molar-refractivity contribution in [2.24, 2.45) is 0 Å². The highest BCUT2D eigenvalue weighted by atomic mass is 28.4. The quantitative estimate of drug-likeness (QED) is 0.397. The smallest absolute Gasteiger partial charge is 0.410 e. The average molecular weight is 177 g/mol. The summed E-state index contributed by atoms with van der Waals surface area (Å²) in [5.74, 6) is 0. The van der Waals surface area contributed by atoms with Gasteiger partial charge in [0, 0.05) is 23.1 Å². The first-order valence-electron chi connectivity index (χ1n) is 1.22. The van der Waals surface area contributed by atoms with Crippen molar-refractivity contribution in [3.63, 3.8) is 0 Å². The standard InChI is InChI=1S/Mg.O5Si2.H2O/c;1-6(2)5-7(3)4;/h;;1H2/q;-2;/p-1. The van der Waals surface area contributed by atoms with Crippen LogP contribution in [0.15, 0.2) is 0 Å². The Bertz CT molecular complexity index is 87.2. The Morgan fingerprint density at radius 1 is 1.11 bits per heavy atom. The topological polar surface area (TPSA) is 119 Å². The molecular formula is HMgO6Si2-3. The Labute approximate surface area is 69.7 Å². The highest BCUT2D eigenvalue weighted by Crippen LogP contribution is 1.54. The Balaban J connectivity index is -0.000000180. The third-order valence-corrected chi connectivity index (χ3v) is 1.50. The van der Waals surface area contributed by atoms with Gasteiger partial charge in [-0.3, -0.25) is 0 Å². The van der Waals surface area contributed by atoms with Crippen LogP contribution in [0.1, 0.15) is 0 Å². The monoisotopic (exact) mass is 177 g/mol. The molecule has 0 aliphatic rings. The summed E-state index contributed by atoms with van der Waals surface area (Å²) in [5.41, 5.74) is 0. The largest absolute Gasteiger partial charge is 0.870 e. The molecule has 0 amide bonds. The molecule has 0 aliphatic heterocycles. The molecule has 0 saturated heterocycles. The van der Waals surface area contributed by atoms with E-state index in [1.807, 2.05) is 0 Å². The molecule has 2 radical (unpaired) electrons. The fourth-order valence-electron chi connectivity index (χ4n) is 0.0680. The van der Waals surface area contributed by atoms with Crippen LogP contribution in [-0.2, 0) is 13.0 Å². The molecular weight excluding hydrogens is 176 g/mol. The summed E-state index contributed by atoms with van der Waals surface area (Å²) in [6.45, 7) is 0. The van der Waals surface area contributed by atoms with Crippen LogP contribution in [0.5, 0.6) is 0 Å². The molecule has 9 heteroatoms. The van der Waals surface area contributed by atoms with E-state index < -0.39 is 18.3 Å². The molecule has 0 aromatic heterocycles. The summed E-state index contributed by atoms with van der Waals surface area (Å²) in [6.07, 6.45) is 0. The second-order valence-electron chi connectivity index (χ2n) is 0.602. The number of hydrogen-bond donors (Lipinski definition) is 0. The molecule has 0 bridgehead atoms. The van der Waals surface area contributed by atoms with Crippen molar-refractivity contribution in [1.29, 1.82) is 0 Å². The van der Waals surface area contributed by atoms with Gasteiger partial charge in [0.25, 0.3) is 0 Å². The van der Waals surface area contributed by atoms with E-state index in [9.17, 15) is 18.5 Å². The molecule has 0 aliphatic carbocycles. The van der Waals surface area contributed by atoms with Gasteiger partial charge in [0.15, 0.2) is 0 Å². The van der Waals surface area contributed by atoms with Gasteiger partial charge >= 0.3 is 18.3 Å². The zero-order chi connectivity index (χ0) is 5.86. The van der Waals surface area contributed by atoms with Crippen LogP contribution in [0.4, 0.5) is 0 Å². The van der Waals surface area contributed by atoms with Crippen LogP contribution in [0, 0.1) is 0 Å². The minimum Gasteiger partial charge on any atom is -0.870 e. The van der Waals surface area contributed by atoms with Crippen molar-refractivity contribution >= 4 is 41.4 Å². The molecule has 0 atom stereocenters. The third-order valence-electron chi connectivity index (χ3n) is 0.167. The van der Waals surface area contributed by atoms with Gasteiger partial charge in [0.05, 0.1) is 0 Å². The van der Waals surface area contributed by atoms with Crippen molar-refractivity contribution in [2.45, 2.75) is 0 Å². The summed E-state index contributed by atoms with van der Waals surface area (Å²) in [5, 5.41) is 0. The third kappa shape index (κ3) is 17.9. The van der Waals surface area contributed by atoms with E-state index >= 15 is 0 Å². The van der Waals surface area contributed by atoms with Gasteiger partial charge in [0.1, 0.15) is 0 Å². The molecule has 0 saturated carbocycles. The summed E-state index contributed by atoms with van der Waals surface area (Å²) in [7, 11) is -7.03. The first-order chi connectivity index (χ1) is 3.13. The van der Waals surface area contributed by atoms with Gasteiger partial charge in [-0.1, -0.05) is 0 Å². The predicted molar refractivity (Wildman–Crippen MR) is 21.7 cm³/mol. The second-order valence-corrected chi connectivity index (χ2v) is 2.42. The minimum atomic E-state index is -3.51. The Morgan fingerprint density at radius 2 is 1.33 bits per heavy atom. The van der Waals surface area contributed by atoms with Gasteiger partial charge in [-0.05, 0) is 0 Å². The summed E-state index contributed by atoms with van der Waals surface area (Å²) in [4.78, 5) is 18.6. The lowest BCUT2D eigenvalue weighted by molar-refractivity contribution is -0.250. The van der Waals surface area contributed by atoms with Crippen molar-refractivity contribution in [2.75, 3.05) is 0 Å². The molecule has 1 N–H and O–H groups in total. The van der Waals surface area contributed by atoms with Crippen LogP contribution < -0.4 is 9.59 Å². The molecule has 0 heterocycles. The van der Waals surface area contributed by atoms with Crippen LogP contribution in [0.25, 0.3) is 0 Å². The highest BCUT2D eigenvalue weighted by molar-refractivity contribution is 6.38. The van der Waals surface area contributed by atoms with Crippen molar-refractivity contribution in [3.8, 4) is 0 Å². The maximum Gasteiger partial charge on any atom is 0.410 e. The zero-order valence-electron chi connectivity index (χ0n) is 4.20. The summed E-state index contributed by atoms with van der Waals surface area (Å²) in [6, 6.07) is 0. The number of rotatable bonds is 2. The molecule has 0 rings (SSSR count). The van der Waals surface area contributed by atoms with Gasteiger partial charge in [-0.15, -0.1) is 0 Å². The maximum absolute atomic E-state index is 9.29. The van der Waals surface area contributed by atoms with E-state index in [1.165, 1.54) is 0 Å². The molecule has 0 fully saturated rings. The fraction of sp³-hybridized carbons (Fsp3) is 0. The lowest BCUT2D eigenvalue weighted by atomic mass is 15.7. The van der Waals surface area contributed by atoms with Crippen LogP contribution in [-0.4, -0.2) is 46.9 Å². The van der Waals surface area contributed by atoms with Crippen molar-refractivity contribution < 1.29 is 28.1 Å². The zero-order valence-corrected chi connectivity index (χ0v) is 7.61. The van der Waals surface area contributed by atoms with Gasteiger partial charge < -0.3 is 28.1 Å². The van der Waals surface area contributed by atoms with Crippen LogP contribution in [0.3, 0.4) is 0 Å². The van der Waals surface area contributed by atoms with E-state index in [1.54, 1.807) is 0 Å². The van der Waals surface area contributed by atoms with Gasteiger partial charge in [-0.25, -0.2) is 0 Å². The Morgan fingerprint density at radius 3 is 1.33 bits per heavy atom. The van der Waals surface area contributed by atoms with Crippen molar-refractivity contribution in [3.05, 3.63) is 0 Å². The Kier molecular flexibility index (Phi) is 14.6. The Hall–Kier alpha value is 0.160. The predicted octanol–water partition coefficient (Wildman–Crippen LogP) is -4.00. The second kappa shape index (κ2) is 8.16. The van der Waals surface area contributed by atoms with Crippen molar-refractivity contribution in [1.82, 2.24) is 0 Å². The summed E-state index contributed by atoms with van der Waals surface area (Å²) < 4.78 is 21.8.